The number of nitrogens with zero attached hydrogens (tertiary/aromatic N) is 3. The third kappa shape index (κ3) is 1.97. The molecule has 102 valence electrons. The number of hydrogen-bond acceptors (Lipinski definition) is 4. The molecule has 0 radical (unpaired) electrons. The van der Waals surface area contributed by atoms with Crippen LogP contribution in [-0.4, -0.2) is 22.0 Å². The molecular weight excluding hydrogens is 369 g/mol. The molecule has 2 aromatic rings. The van der Waals surface area contributed by atoms with Crippen molar-refractivity contribution in [2.75, 3.05) is 6.61 Å². The van der Waals surface area contributed by atoms with Gasteiger partial charge < -0.3 is 4.74 Å². The number of aromatic nitrogens is 2. The van der Waals surface area contributed by atoms with Gasteiger partial charge in [-0.05, 0) is 60.1 Å². The van der Waals surface area contributed by atoms with Gasteiger partial charge in [-0.3, -0.25) is 4.40 Å². The van der Waals surface area contributed by atoms with Crippen LogP contribution in [0.2, 0.25) is 0 Å². The fourth-order valence-corrected chi connectivity index (χ4v) is 2.98. The zero-order valence-electron chi connectivity index (χ0n) is 10.9. The molecule has 0 aromatic carbocycles. The van der Waals surface area contributed by atoms with Gasteiger partial charge in [0.25, 0.3) is 0 Å². The number of esters is 1. The number of rotatable bonds is 3. The zero-order valence-corrected chi connectivity index (χ0v) is 13.0. The first-order chi connectivity index (χ1) is 9.61. The van der Waals surface area contributed by atoms with E-state index in [9.17, 15) is 10.1 Å². The Morgan fingerprint density at radius 1 is 1.65 bits per heavy atom. The molecule has 0 atom stereocenters. The van der Waals surface area contributed by atoms with Crippen molar-refractivity contribution in [3.63, 3.8) is 0 Å². The van der Waals surface area contributed by atoms with E-state index in [4.69, 9.17) is 4.74 Å². The third-order valence-electron chi connectivity index (χ3n) is 3.55. The quantitative estimate of drug-likeness (QED) is 0.606. The van der Waals surface area contributed by atoms with Gasteiger partial charge in [-0.15, -0.1) is 0 Å². The maximum absolute atomic E-state index is 11.8. The molecule has 0 saturated heterocycles. The van der Waals surface area contributed by atoms with Crippen LogP contribution >= 0.6 is 22.6 Å². The van der Waals surface area contributed by atoms with Gasteiger partial charge >= 0.3 is 5.97 Å². The SMILES string of the molecule is CCOC(=O)c1nc2cc(C3(C#N)CC3)ccn2c1I. The Hall–Kier alpha value is -1.62. The molecule has 2 aromatic heterocycles. The monoisotopic (exact) mass is 381 g/mol. The number of hydrogen-bond donors (Lipinski definition) is 0. The number of carbonyl (C=O) groups excluding carboxylic acids is 1. The van der Waals surface area contributed by atoms with Gasteiger partial charge in [-0.25, -0.2) is 9.78 Å². The Labute approximate surface area is 129 Å². The summed E-state index contributed by atoms with van der Waals surface area (Å²) in [5.41, 5.74) is 1.63. The van der Waals surface area contributed by atoms with Crippen molar-refractivity contribution in [2.45, 2.75) is 25.2 Å². The summed E-state index contributed by atoms with van der Waals surface area (Å²) in [5, 5.41) is 9.25. The minimum Gasteiger partial charge on any atom is -0.461 e. The summed E-state index contributed by atoms with van der Waals surface area (Å²) in [6.07, 6.45) is 3.64. The Kier molecular flexibility index (Phi) is 3.17. The fourth-order valence-electron chi connectivity index (χ4n) is 2.23. The Bertz CT molecular complexity index is 741. The normalized spacial score (nSPS) is 15.8. The number of fused-ring (bicyclic) bond motifs is 1. The lowest BCUT2D eigenvalue weighted by Gasteiger charge is -2.06. The van der Waals surface area contributed by atoms with Crippen molar-refractivity contribution < 1.29 is 9.53 Å². The molecule has 0 amide bonds. The summed E-state index contributed by atoms with van der Waals surface area (Å²) in [6.45, 7) is 2.09. The van der Waals surface area contributed by atoms with Gasteiger partial charge in [-0.2, -0.15) is 5.26 Å². The van der Waals surface area contributed by atoms with E-state index >= 15 is 0 Å². The van der Waals surface area contributed by atoms with Crippen LogP contribution in [-0.2, 0) is 10.2 Å². The molecule has 20 heavy (non-hydrogen) atoms. The standard InChI is InChI=1S/C14H12IN3O2/c1-2-20-13(19)11-12(15)18-6-3-9(7-10(18)17-11)14(8-16)4-5-14/h3,6-7H,2,4-5H2,1H3. The molecule has 0 aliphatic heterocycles. The number of nitriles is 1. The van der Waals surface area contributed by atoms with Gasteiger partial charge in [0.1, 0.15) is 9.35 Å². The van der Waals surface area contributed by atoms with Gasteiger partial charge in [0.2, 0.25) is 0 Å². The van der Waals surface area contributed by atoms with Crippen molar-refractivity contribution >= 4 is 34.2 Å². The smallest absolute Gasteiger partial charge is 0.359 e. The van der Waals surface area contributed by atoms with E-state index in [1.807, 2.05) is 22.7 Å². The minimum absolute atomic E-state index is 0.325. The molecule has 1 fully saturated rings. The molecule has 0 unspecified atom stereocenters. The van der Waals surface area contributed by atoms with Crippen molar-refractivity contribution in [3.8, 4) is 6.07 Å². The summed E-state index contributed by atoms with van der Waals surface area (Å²) in [6, 6.07) is 6.19. The maximum atomic E-state index is 11.8. The van der Waals surface area contributed by atoms with Crippen LogP contribution in [0.4, 0.5) is 0 Å². The lowest BCUT2D eigenvalue weighted by molar-refractivity contribution is 0.0519. The maximum Gasteiger partial charge on any atom is 0.359 e. The first kappa shape index (κ1) is 13.4. The van der Waals surface area contributed by atoms with Crippen LogP contribution in [0.25, 0.3) is 5.65 Å². The zero-order chi connectivity index (χ0) is 14.3. The fraction of sp³-hybridized carbons (Fsp3) is 0.357. The number of halogens is 1. The average Bonchev–Trinajstić information content (AvgIpc) is 3.19. The second kappa shape index (κ2) is 4.74. The van der Waals surface area contributed by atoms with E-state index in [0.717, 1.165) is 22.1 Å². The molecule has 0 spiro atoms. The summed E-state index contributed by atoms with van der Waals surface area (Å²) < 4.78 is 7.56. The van der Waals surface area contributed by atoms with Crippen LogP contribution in [0.1, 0.15) is 35.8 Å². The van der Waals surface area contributed by atoms with Gasteiger partial charge in [-0.1, -0.05) is 0 Å². The van der Waals surface area contributed by atoms with E-state index in [1.165, 1.54) is 0 Å². The molecule has 2 heterocycles. The van der Waals surface area contributed by atoms with Crippen LogP contribution in [0.3, 0.4) is 0 Å². The first-order valence-electron chi connectivity index (χ1n) is 6.38. The van der Waals surface area contributed by atoms with E-state index < -0.39 is 5.97 Å². The molecule has 0 N–H and O–H groups in total. The highest BCUT2D eigenvalue weighted by Gasteiger charge is 2.45. The van der Waals surface area contributed by atoms with Gasteiger partial charge in [0.05, 0.1) is 18.1 Å². The topological polar surface area (TPSA) is 67.4 Å². The predicted molar refractivity (Wildman–Crippen MR) is 80.4 cm³/mol. The Morgan fingerprint density at radius 2 is 2.40 bits per heavy atom. The van der Waals surface area contributed by atoms with E-state index in [-0.39, 0.29) is 5.41 Å². The Balaban J connectivity index is 2.08. The average molecular weight is 381 g/mol. The molecule has 1 saturated carbocycles. The second-order valence-corrected chi connectivity index (χ2v) is 5.83. The molecule has 6 heteroatoms. The molecule has 1 aliphatic rings. The van der Waals surface area contributed by atoms with E-state index in [2.05, 4.69) is 33.6 Å². The highest BCUT2D eigenvalue weighted by Crippen LogP contribution is 2.47. The Morgan fingerprint density at radius 3 is 3.00 bits per heavy atom. The van der Waals surface area contributed by atoms with Crippen LogP contribution in [0, 0.1) is 15.0 Å². The van der Waals surface area contributed by atoms with E-state index in [0.29, 0.717) is 17.9 Å². The second-order valence-electron chi connectivity index (χ2n) is 4.81. The van der Waals surface area contributed by atoms with Crippen LogP contribution in [0.15, 0.2) is 18.3 Å². The van der Waals surface area contributed by atoms with Crippen molar-refractivity contribution in [1.29, 1.82) is 5.26 Å². The van der Waals surface area contributed by atoms with Crippen molar-refractivity contribution in [3.05, 3.63) is 33.3 Å². The molecular formula is C14H12IN3O2. The van der Waals surface area contributed by atoms with Crippen molar-refractivity contribution in [1.82, 2.24) is 9.38 Å². The highest BCUT2D eigenvalue weighted by atomic mass is 127. The summed E-state index contributed by atoms with van der Waals surface area (Å²) >= 11 is 2.08. The predicted octanol–water partition coefficient (Wildman–Crippen LogP) is 2.67. The largest absolute Gasteiger partial charge is 0.461 e. The van der Waals surface area contributed by atoms with Gasteiger partial charge in [0, 0.05) is 6.20 Å². The summed E-state index contributed by atoms with van der Waals surface area (Å²) in [5.74, 6) is -0.413. The minimum atomic E-state index is -0.413. The van der Waals surface area contributed by atoms with Gasteiger partial charge in [0.15, 0.2) is 5.69 Å². The molecule has 1 aliphatic carbocycles. The van der Waals surface area contributed by atoms with Crippen LogP contribution in [0.5, 0.6) is 0 Å². The number of ether oxygens (including phenoxy) is 1. The van der Waals surface area contributed by atoms with Crippen LogP contribution < -0.4 is 0 Å². The third-order valence-corrected chi connectivity index (χ3v) is 4.58. The lowest BCUT2D eigenvalue weighted by atomic mass is 9.99. The number of pyridine rings is 1. The molecule has 3 rings (SSSR count). The number of imidazole rings is 1. The first-order valence-corrected chi connectivity index (χ1v) is 7.45. The molecule has 0 bridgehead atoms. The summed E-state index contributed by atoms with van der Waals surface area (Å²) in [4.78, 5) is 16.2. The highest BCUT2D eigenvalue weighted by molar-refractivity contribution is 14.1. The number of carbonyl (C=O) groups is 1. The van der Waals surface area contributed by atoms with E-state index in [1.54, 1.807) is 6.92 Å². The van der Waals surface area contributed by atoms with Crippen molar-refractivity contribution in [2.24, 2.45) is 0 Å². The summed E-state index contributed by atoms with van der Waals surface area (Å²) in [7, 11) is 0. The lowest BCUT2D eigenvalue weighted by Crippen LogP contribution is -2.06. The molecule has 5 nitrogen and oxygen atoms in total.